The predicted molar refractivity (Wildman–Crippen MR) is 135 cm³/mol. The Bertz CT molecular complexity index is 1230. The predicted octanol–water partition coefficient (Wildman–Crippen LogP) is 7.72. The summed E-state index contributed by atoms with van der Waals surface area (Å²) in [6.07, 6.45) is -6.09. The minimum absolute atomic E-state index is 0.00139. The van der Waals surface area contributed by atoms with Crippen molar-refractivity contribution in [1.82, 2.24) is 5.01 Å². The van der Waals surface area contributed by atoms with Crippen LogP contribution in [0.25, 0.3) is 0 Å². The number of carbonyl (C=O) groups is 2. The Balaban J connectivity index is 2.01. The molecule has 1 heterocycles. The summed E-state index contributed by atoms with van der Waals surface area (Å²) in [5.74, 6) is 0.0375. The van der Waals surface area contributed by atoms with Gasteiger partial charge in [-0.25, -0.2) is 14.7 Å². The number of benzene rings is 2. The Labute approximate surface area is 224 Å². The lowest BCUT2D eigenvalue weighted by Gasteiger charge is -2.28. The van der Waals surface area contributed by atoms with Crippen molar-refractivity contribution in [3.63, 3.8) is 0 Å². The van der Waals surface area contributed by atoms with Crippen LogP contribution in [0, 0.1) is 5.41 Å². The molecule has 1 aliphatic heterocycles. The molecular formula is C25H24ClF6N3O2S. The van der Waals surface area contributed by atoms with E-state index in [1.165, 1.54) is 6.07 Å². The lowest BCUT2D eigenvalue weighted by molar-refractivity contribution is -0.138. The molecule has 0 radical (unpaired) electrons. The zero-order valence-electron chi connectivity index (χ0n) is 20.6. The van der Waals surface area contributed by atoms with Gasteiger partial charge < -0.3 is 0 Å². The number of nitrogens with zero attached hydrogens (tertiary/aromatic N) is 3. The zero-order valence-corrected chi connectivity index (χ0v) is 22.2. The fraction of sp³-hybridized carbons (Fsp3) is 0.400. The number of hydrogen-bond donors (Lipinski definition) is 0. The molecule has 0 saturated carbocycles. The largest absolute Gasteiger partial charge is 0.417 e. The van der Waals surface area contributed by atoms with E-state index in [4.69, 9.17) is 11.6 Å². The third kappa shape index (κ3) is 6.45. The molecule has 0 aromatic heterocycles. The highest BCUT2D eigenvalue weighted by atomic mass is 35.5. The summed E-state index contributed by atoms with van der Waals surface area (Å²) in [5, 5.41) is 4.88. The van der Waals surface area contributed by atoms with Crippen LogP contribution in [0.4, 0.5) is 36.8 Å². The zero-order chi connectivity index (χ0) is 28.5. The van der Waals surface area contributed by atoms with E-state index in [0.29, 0.717) is 23.5 Å². The third-order valence-corrected chi connectivity index (χ3v) is 7.11. The normalized spacial score (nSPS) is 17.9. The van der Waals surface area contributed by atoms with E-state index in [2.05, 4.69) is 5.10 Å². The summed E-state index contributed by atoms with van der Waals surface area (Å²) in [7, 11) is 0. The Hall–Kier alpha value is -2.73. The second-order valence-corrected chi connectivity index (χ2v) is 10.4. The lowest BCUT2D eigenvalue weighted by atomic mass is 9.78. The lowest BCUT2D eigenvalue weighted by Crippen LogP contribution is -2.44. The number of imide groups is 1. The van der Waals surface area contributed by atoms with Gasteiger partial charge in [0, 0.05) is 12.3 Å². The fourth-order valence-corrected chi connectivity index (χ4v) is 4.96. The highest BCUT2D eigenvalue weighted by molar-refractivity contribution is 7.98. The van der Waals surface area contributed by atoms with Crippen molar-refractivity contribution >= 4 is 46.7 Å². The number of urea groups is 1. The molecule has 0 saturated heterocycles. The Morgan fingerprint density at radius 2 is 1.71 bits per heavy atom. The first-order valence-electron chi connectivity index (χ1n) is 11.3. The quantitative estimate of drug-likeness (QED) is 0.260. The van der Waals surface area contributed by atoms with Gasteiger partial charge >= 0.3 is 18.4 Å². The fourth-order valence-electron chi connectivity index (χ4n) is 4.24. The van der Waals surface area contributed by atoms with Crippen molar-refractivity contribution in [2.45, 2.75) is 39.0 Å². The molecular weight excluding hydrogens is 556 g/mol. The van der Waals surface area contributed by atoms with Crippen molar-refractivity contribution < 1.29 is 35.9 Å². The van der Waals surface area contributed by atoms with Crippen molar-refractivity contribution in [2.75, 3.05) is 23.5 Å². The van der Waals surface area contributed by atoms with Crippen molar-refractivity contribution in [3.8, 4) is 0 Å². The van der Waals surface area contributed by atoms with E-state index in [9.17, 15) is 35.9 Å². The first-order valence-corrected chi connectivity index (χ1v) is 13.1. The van der Waals surface area contributed by atoms with Crippen LogP contribution in [-0.2, 0) is 17.1 Å². The van der Waals surface area contributed by atoms with Crippen molar-refractivity contribution in [2.24, 2.45) is 10.5 Å². The highest BCUT2D eigenvalue weighted by Crippen LogP contribution is 2.40. The van der Waals surface area contributed by atoms with Crippen LogP contribution in [0.5, 0.6) is 0 Å². The van der Waals surface area contributed by atoms with Crippen LogP contribution in [0.1, 0.15) is 43.4 Å². The van der Waals surface area contributed by atoms with E-state index in [1.807, 2.05) is 6.26 Å². The number of anilines is 1. The van der Waals surface area contributed by atoms with Crippen molar-refractivity contribution in [3.05, 3.63) is 64.2 Å². The Morgan fingerprint density at radius 1 is 1.08 bits per heavy atom. The van der Waals surface area contributed by atoms with Gasteiger partial charge in [-0.15, -0.1) is 0 Å². The molecule has 0 N–H and O–H groups in total. The molecule has 3 amide bonds. The summed E-state index contributed by atoms with van der Waals surface area (Å²) >= 11 is 7.54. The molecule has 5 nitrogen and oxygen atoms in total. The van der Waals surface area contributed by atoms with E-state index in [-0.39, 0.29) is 17.8 Å². The third-order valence-electron chi connectivity index (χ3n) is 6.10. The standard InChI is InChI=1S/C25H24ClF6N3O2S/c1-15(36)35(18-8-6-17(7-9-18)24(27,28)29)22(37)34-14-23(2,11-4-12-38-3)21(33-34)16-5-10-19(20(26)13-16)25(30,31)32/h5-10,13H,4,11-12,14H2,1-3H3. The molecule has 206 valence electrons. The molecule has 2 aromatic carbocycles. The van der Waals surface area contributed by atoms with Crippen LogP contribution in [-0.4, -0.2) is 41.2 Å². The van der Waals surface area contributed by atoms with Gasteiger partial charge in [-0.2, -0.15) is 43.2 Å². The van der Waals surface area contributed by atoms with Crippen LogP contribution in [0.15, 0.2) is 47.6 Å². The minimum Gasteiger partial charge on any atom is -0.274 e. The maximum absolute atomic E-state index is 13.4. The molecule has 1 atom stereocenters. The Morgan fingerprint density at radius 3 is 2.21 bits per heavy atom. The van der Waals surface area contributed by atoms with Gasteiger partial charge in [0.05, 0.1) is 34.1 Å². The smallest absolute Gasteiger partial charge is 0.274 e. The maximum Gasteiger partial charge on any atom is 0.417 e. The highest BCUT2D eigenvalue weighted by Gasteiger charge is 2.43. The van der Waals surface area contributed by atoms with Crippen molar-refractivity contribution in [1.29, 1.82) is 0 Å². The number of hydrazone groups is 1. The minimum atomic E-state index is -4.65. The average molecular weight is 580 g/mol. The molecule has 3 rings (SSSR count). The average Bonchev–Trinajstić information content (AvgIpc) is 3.15. The maximum atomic E-state index is 13.4. The summed E-state index contributed by atoms with van der Waals surface area (Å²) in [5.41, 5.74) is -2.23. The first-order chi connectivity index (χ1) is 17.6. The van der Waals surface area contributed by atoms with Gasteiger partial charge in [0.25, 0.3) is 0 Å². The second-order valence-electron chi connectivity index (χ2n) is 9.04. The van der Waals surface area contributed by atoms with E-state index in [0.717, 1.165) is 54.1 Å². The first kappa shape index (κ1) is 29.8. The van der Waals surface area contributed by atoms with Crippen LogP contribution < -0.4 is 4.90 Å². The van der Waals surface area contributed by atoms with Crippen LogP contribution >= 0.6 is 23.4 Å². The number of halogens is 7. The summed E-state index contributed by atoms with van der Waals surface area (Å²) < 4.78 is 78.6. The van der Waals surface area contributed by atoms with Gasteiger partial charge in [0.1, 0.15) is 0 Å². The van der Waals surface area contributed by atoms with Gasteiger partial charge in [0.2, 0.25) is 5.91 Å². The topological polar surface area (TPSA) is 53.0 Å². The number of hydrogen-bond acceptors (Lipinski definition) is 4. The number of carbonyl (C=O) groups excluding carboxylic acids is 2. The monoisotopic (exact) mass is 579 g/mol. The van der Waals surface area contributed by atoms with E-state index < -0.39 is 45.9 Å². The molecule has 0 spiro atoms. The molecule has 1 unspecified atom stereocenters. The van der Waals surface area contributed by atoms with Gasteiger partial charge in [-0.1, -0.05) is 24.6 Å². The molecule has 2 aromatic rings. The number of amides is 3. The summed E-state index contributed by atoms with van der Waals surface area (Å²) in [4.78, 5) is 26.5. The van der Waals surface area contributed by atoms with E-state index in [1.54, 1.807) is 18.7 Å². The second kappa shape index (κ2) is 11.2. The molecule has 1 aliphatic rings. The molecule has 0 aliphatic carbocycles. The van der Waals surface area contributed by atoms with Gasteiger partial charge in [-0.3, -0.25) is 4.79 Å². The number of rotatable bonds is 6. The molecule has 0 bridgehead atoms. The van der Waals surface area contributed by atoms with Gasteiger partial charge in [-0.05, 0) is 66.8 Å². The summed E-state index contributed by atoms with van der Waals surface area (Å²) in [6.45, 7) is 2.89. The summed E-state index contributed by atoms with van der Waals surface area (Å²) in [6, 6.07) is 5.85. The SMILES string of the molecule is CSCCCC1(C)CN(C(=O)N(C(C)=O)c2ccc(C(F)(F)F)cc2)N=C1c1ccc(C(F)(F)F)c(Cl)c1. The van der Waals surface area contributed by atoms with Gasteiger partial charge in [0.15, 0.2) is 0 Å². The molecule has 13 heteroatoms. The van der Waals surface area contributed by atoms with Crippen LogP contribution in [0.3, 0.4) is 0 Å². The number of alkyl halides is 6. The number of thioether (sulfide) groups is 1. The Kier molecular flexibility index (Phi) is 8.77. The molecule has 38 heavy (non-hydrogen) atoms. The van der Waals surface area contributed by atoms with Crippen LogP contribution in [0.2, 0.25) is 5.02 Å². The van der Waals surface area contributed by atoms with E-state index >= 15 is 0 Å². The molecule has 0 fully saturated rings.